The maximum atomic E-state index is 12.2. The van der Waals surface area contributed by atoms with Crippen LogP contribution in [0, 0.1) is 5.41 Å². The summed E-state index contributed by atoms with van der Waals surface area (Å²) in [6.07, 6.45) is 2.23. The van der Waals surface area contributed by atoms with Crippen LogP contribution in [-0.4, -0.2) is 56.9 Å². The van der Waals surface area contributed by atoms with Gasteiger partial charge in [-0.15, -0.1) is 0 Å². The average molecular weight is 318 g/mol. The third-order valence-corrected chi connectivity index (χ3v) is 5.14. The van der Waals surface area contributed by atoms with Gasteiger partial charge in [-0.3, -0.25) is 9.69 Å². The number of ether oxygens (including phenoxy) is 2. The van der Waals surface area contributed by atoms with E-state index in [1.165, 1.54) is 4.90 Å². The summed E-state index contributed by atoms with van der Waals surface area (Å²) in [5, 5.41) is 0. The molecule has 0 aromatic carbocycles. The lowest BCUT2D eigenvalue weighted by Crippen LogP contribution is -2.58. The minimum Gasteiger partial charge on any atom is -0.488 e. The van der Waals surface area contributed by atoms with Crippen LogP contribution in [0.2, 0.25) is 0 Å². The molecule has 124 valence electrons. The van der Waals surface area contributed by atoms with Crippen LogP contribution in [-0.2, 0) is 9.53 Å². The molecule has 1 unspecified atom stereocenters. The third-order valence-electron chi connectivity index (χ3n) is 5.14. The molecule has 4 rings (SSSR count). The Balaban J connectivity index is 1.55. The van der Waals surface area contributed by atoms with Gasteiger partial charge >= 0.3 is 0 Å². The summed E-state index contributed by atoms with van der Waals surface area (Å²) in [7, 11) is 1.70. The Kier molecular flexibility index (Phi) is 3.42. The summed E-state index contributed by atoms with van der Waals surface area (Å²) in [4.78, 5) is 20.6. The highest BCUT2D eigenvalue weighted by Gasteiger charge is 2.44. The first-order chi connectivity index (χ1) is 11.1. The highest BCUT2D eigenvalue weighted by molar-refractivity contribution is 5.97. The van der Waals surface area contributed by atoms with E-state index in [-0.39, 0.29) is 12.5 Å². The van der Waals surface area contributed by atoms with E-state index in [0.29, 0.717) is 17.0 Å². The van der Waals surface area contributed by atoms with Gasteiger partial charge in [-0.2, -0.15) is 0 Å². The molecular formula is C16H22N4O3. The molecular weight excluding hydrogens is 296 g/mol. The van der Waals surface area contributed by atoms with E-state index in [4.69, 9.17) is 15.2 Å². The van der Waals surface area contributed by atoms with Crippen molar-refractivity contribution in [2.75, 3.05) is 49.8 Å². The van der Waals surface area contributed by atoms with Gasteiger partial charge in [0.15, 0.2) is 11.6 Å². The van der Waals surface area contributed by atoms with E-state index < -0.39 is 6.04 Å². The second kappa shape index (κ2) is 5.35. The summed E-state index contributed by atoms with van der Waals surface area (Å²) in [5.41, 5.74) is 6.19. The van der Waals surface area contributed by atoms with Gasteiger partial charge in [-0.05, 0) is 25.0 Å². The van der Waals surface area contributed by atoms with Gasteiger partial charge in [-0.1, -0.05) is 0 Å². The molecule has 0 aliphatic carbocycles. The van der Waals surface area contributed by atoms with E-state index in [2.05, 4.69) is 9.88 Å². The third kappa shape index (κ3) is 2.44. The van der Waals surface area contributed by atoms with E-state index >= 15 is 0 Å². The maximum absolute atomic E-state index is 12.2. The molecule has 3 aliphatic heterocycles. The van der Waals surface area contributed by atoms with Crippen molar-refractivity contribution in [3.63, 3.8) is 0 Å². The topological polar surface area (TPSA) is 80.9 Å². The first-order valence-corrected chi connectivity index (χ1v) is 8.08. The van der Waals surface area contributed by atoms with Crippen LogP contribution in [0.5, 0.6) is 5.75 Å². The van der Waals surface area contributed by atoms with Crippen molar-refractivity contribution in [1.29, 1.82) is 0 Å². The zero-order valence-electron chi connectivity index (χ0n) is 13.3. The number of hydrogen-bond acceptors (Lipinski definition) is 6. The lowest BCUT2D eigenvalue weighted by Gasteiger charge is -2.52. The van der Waals surface area contributed by atoms with Crippen molar-refractivity contribution in [1.82, 2.24) is 4.98 Å². The molecule has 2 saturated heterocycles. The van der Waals surface area contributed by atoms with Gasteiger partial charge in [0.05, 0.1) is 0 Å². The van der Waals surface area contributed by atoms with Crippen LogP contribution in [0.15, 0.2) is 12.1 Å². The minimum atomic E-state index is -0.646. The SMILES string of the molecule is CN1C(=O)C(N)COc2ccc(N3CC4(CCOCC4)C3)nc21. The zero-order chi connectivity index (χ0) is 16.0. The fraction of sp³-hybridized carbons (Fsp3) is 0.625. The predicted molar refractivity (Wildman–Crippen MR) is 85.8 cm³/mol. The average Bonchev–Trinajstić information content (AvgIpc) is 2.66. The number of rotatable bonds is 1. The maximum Gasteiger partial charge on any atom is 0.248 e. The van der Waals surface area contributed by atoms with Crippen molar-refractivity contribution < 1.29 is 14.3 Å². The first-order valence-electron chi connectivity index (χ1n) is 8.08. The molecule has 1 aromatic heterocycles. The van der Waals surface area contributed by atoms with Crippen molar-refractivity contribution in [2.45, 2.75) is 18.9 Å². The molecule has 0 bridgehead atoms. The molecule has 4 heterocycles. The molecule has 2 fully saturated rings. The van der Waals surface area contributed by atoms with Crippen LogP contribution < -0.4 is 20.3 Å². The molecule has 1 spiro atoms. The van der Waals surface area contributed by atoms with Crippen molar-refractivity contribution >= 4 is 17.5 Å². The van der Waals surface area contributed by atoms with Crippen molar-refractivity contribution in [3.05, 3.63) is 12.1 Å². The lowest BCUT2D eigenvalue weighted by molar-refractivity contribution is -0.119. The summed E-state index contributed by atoms with van der Waals surface area (Å²) < 4.78 is 11.1. The number of carbonyl (C=O) groups is 1. The number of fused-ring (bicyclic) bond motifs is 1. The molecule has 1 amide bonds. The van der Waals surface area contributed by atoms with Crippen LogP contribution in [0.1, 0.15) is 12.8 Å². The molecule has 0 saturated carbocycles. The van der Waals surface area contributed by atoms with Crippen LogP contribution >= 0.6 is 0 Å². The number of likely N-dealkylation sites (N-methyl/N-ethyl adjacent to an activating group) is 1. The Morgan fingerprint density at radius 3 is 2.78 bits per heavy atom. The number of amides is 1. The second-order valence-electron chi connectivity index (χ2n) is 6.77. The number of hydrogen-bond donors (Lipinski definition) is 1. The second-order valence-corrected chi connectivity index (χ2v) is 6.77. The van der Waals surface area contributed by atoms with Gasteiger partial charge in [0.25, 0.3) is 0 Å². The fourth-order valence-electron chi connectivity index (χ4n) is 3.60. The Hall–Kier alpha value is -1.86. The highest BCUT2D eigenvalue weighted by Crippen LogP contribution is 2.42. The number of carbonyl (C=O) groups excluding carboxylic acids is 1. The smallest absolute Gasteiger partial charge is 0.248 e. The highest BCUT2D eigenvalue weighted by atomic mass is 16.5. The molecule has 3 aliphatic rings. The number of nitrogens with two attached hydrogens (primary N) is 1. The van der Waals surface area contributed by atoms with E-state index in [1.54, 1.807) is 7.05 Å². The number of pyridine rings is 1. The Labute approximate surface area is 135 Å². The van der Waals surface area contributed by atoms with Crippen LogP contribution in [0.25, 0.3) is 0 Å². The van der Waals surface area contributed by atoms with E-state index in [1.807, 2.05) is 12.1 Å². The molecule has 23 heavy (non-hydrogen) atoms. The standard InChI is InChI=1S/C16H22N4O3/c1-19-14-12(23-8-11(17)15(19)21)2-3-13(18-14)20-9-16(10-20)4-6-22-7-5-16/h2-3,11H,4-10,17H2,1H3. The predicted octanol–water partition coefficient (Wildman–Crippen LogP) is 0.381. The normalized spacial score (nSPS) is 26.3. The quantitative estimate of drug-likeness (QED) is 0.806. The van der Waals surface area contributed by atoms with Gasteiger partial charge < -0.3 is 20.1 Å². The largest absolute Gasteiger partial charge is 0.488 e. The van der Waals surface area contributed by atoms with Crippen LogP contribution in [0.4, 0.5) is 11.6 Å². The van der Waals surface area contributed by atoms with E-state index in [9.17, 15) is 4.79 Å². The van der Waals surface area contributed by atoms with Crippen LogP contribution in [0.3, 0.4) is 0 Å². The molecule has 1 atom stereocenters. The Morgan fingerprint density at radius 2 is 2.04 bits per heavy atom. The fourth-order valence-corrected chi connectivity index (χ4v) is 3.60. The Morgan fingerprint density at radius 1 is 1.30 bits per heavy atom. The minimum absolute atomic E-state index is 0.169. The van der Waals surface area contributed by atoms with Gasteiger partial charge in [-0.25, -0.2) is 4.98 Å². The van der Waals surface area contributed by atoms with Gasteiger partial charge in [0, 0.05) is 38.8 Å². The number of anilines is 2. The number of aromatic nitrogens is 1. The summed E-state index contributed by atoms with van der Waals surface area (Å²) in [6.45, 7) is 3.90. The molecule has 1 aromatic rings. The monoisotopic (exact) mass is 318 g/mol. The first kappa shape index (κ1) is 14.7. The van der Waals surface area contributed by atoms with Crippen molar-refractivity contribution in [3.8, 4) is 5.75 Å². The Bertz CT molecular complexity index is 622. The van der Waals surface area contributed by atoms with E-state index in [0.717, 1.165) is 45.0 Å². The molecule has 0 radical (unpaired) electrons. The summed E-state index contributed by atoms with van der Waals surface area (Å²) in [6, 6.07) is 3.20. The summed E-state index contributed by atoms with van der Waals surface area (Å²) in [5.74, 6) is 1.88. The van der Waals surface area contributed by atoms with Crippen molar-refractivity contribution in [2.24, 2.45) is 11.1 Å². The van der Waals surface area contributed by atoms with Gasteiger partial charge in [0.2, 0.25) is 5.91 Å². The molecule has 7 nitrogen and oxygen atoms in total. The molecule has 2 N–H and O–H groups in total. The summed E-state index contributed by atoms with van der Waals surface area (Å²) >= 11 is 0. The lowest BCUT2D eigenvalue weighted by atomic mass is 9.73. The zero-order valence-corrected chi connectivity index (χ0v) is 13.3. The van der Waals surface area contributed by atoms with Gasteiger partial charge in [0.1, 0.15) is 18.5 Å². The number of nitrogens with zero attached hydrogens (tertiary/aromatic N) is 3. The molecule has 7 heteroatoms.